The van der Waals surface area contributed by atoms with Crippen LogP contribution in [0.4, 0.5) is 0 Å². The first-order chi connectivity index (χ1) is 6.31. The molecule has 1 aromatic heterocycles. The fourth-order valence-electron chi connectivity index (χ4n) is 1.18. The van der Waals surface area contributed by atoms with E-state index in [-0.39, 0.29) is 0 Å². The summed E-state index contributed by atoms with van der Waals surface area (Å²) in [7, 11) is 0. The molecule has 0 radical (unpaired) electrons. The van der Waals surface area contributed by atoms with E-state index in [4.69, 9.17) is 5.90 Å². The Bertz CT molecular complexity index is 442. The Kier molecular flexibility index (Phi) is 1.83. The lowest BCUT2D eigenvalue weighted by Gasteiger charge is -2.02. The molecular weight excluding hydrogens is 166 g/mol. The number of nitrogens with zero attached hydrogens (tertiary/aromatic N) is 2. The average molecular weight is 175 g/mol. The number of aryl methyl sites for hydroxylation is 1. The molecule has 13 heavy (non-hydrogen) atoms. The molecule has 1 heterocycles. The lowest BCUT2D eigenvalue weighted by molar-refractivity contribution is 0.318. The van der Waals surface area contributed by atoms with Crippen LogP contribution in [0.1, 0.15) is 5.69 Å². The highest BCUT2D eigenvalue weighted by atomic mass is 16.6. The van der Waals surface area contributed by atoms with Gasteiger partial charge in [-0.25, -0.2) is 9.97 Å². The summed E-state index contributed by atoms with van der Waals surface area (Å²) in [5, 5.41) is 0. The largest absolute Gasteiger partial charge is 0.389 e. The Labute approximate surface area is 75.3 Å². The Hall–Kier alpha value is -1.68. The van der Waals surface area contributed by atoms with Crippen molar-refractivity contribution in [2.75, 3.05) is 0 Å². The van der Waals surface area contributed by atoms with E-state index in [1.807, 2.05) is 31.2 Å². The van der Waals surface area contributed by atoms with Crippen molar-refractivity contribution in [3.63, 3.8) is 0 Å². The lowest BCUT2D eigenvalue weighted by Crippen LogP contribution is -2.06. The van der Waals surface area contributed by atoms with Crippen LogP contribution >= 0.6 is 0 Å². The van der Waals surface area contributed by atoms with Crippen LogP contribution in [0.2, 0.25) is 0 Å². The van der Waals surface area contributed by atoms with Gasteiger partial charge in [-0.05, 0) is 19.1 Å². The zero-order chi connectivity index (χ0) is 9.26. The highest BCUT2D eigenvalue weighted by Crippen LogP contribution is 2.16. The summed E-state index contributed by atoms with van der Waals surface area (Å²) >= 11 is 0. The number of fused-ring (bicyclic) bond motifs is 1. The molecule has 66 valence electrons. The van der Waals surface area contributed by atoms with Gasteiger partial charge in [0.2, 0.25) is 0 Å². The van der Waals surface area contributed by atoms with Gasteiger partial charge in [0.15, 0.2) is 0 Å². The van der Waals surface area contributed by atoms with Gasteiger partial charge < -0.3 is 4.84 Å². The predicted octanol–water partition coefficient (Wildman–Crippen LogP) is 1.19. The lowest BCUT2D eigenvalue weighted by atomic mass is 10.3. The van der Waals surface area contributed by atoms with Gasteiger partial charge in [-0.15, -0.1) is 0 Å². The predicted molar refractivity (Wildman–Crippen MR) is 49.1 cm³/mol. The molecular formula is C9H9N3O. The summed E-state index contributed by atoms with van der Waals surface area (Å²) in [6, 6.07) is 7.58. The van der Waals surface area contributed by atoms with Crippen molar-refractivity contribution in [2.45, 2.75) is 6.92 Å². The number of hydrogen-bond donors (Lipinski definition) is 1. The summed E-state index contributed by atoms with van der Waals surface area (Å²) in [4.78, 5) is 13.0. The minimum absolute atomic E-state index is 0.374. The number of rotatable bonds is 1. The van der Waals surface area contributed by atoms with Crippen LogP contribution in [0.25, 0.3) is 11.0 Å². The second-order valence-corrected chi connectivity index (χ2v) is 2.72. The Balaban J connectivity index is 2.74. The standard InChI is InChI=1S/C9H9N3O/c1-6-9(13-10)12-8-5-3-2-4-7(8)11-6/h2-5H,10H2,1H3. The van der Waals surface area contributed by atoms with Gasteiger partial charge in [0, 0.05) is 0 Å². The maximum absolute atomic E-state index is 5.04. The number of nitrogens with two attached hydrogens (primary N) is 1. The van der Waals surface area contributed by atoms with Crippen molar-refractivity contribution < 1.29 is 4.84 Å². The number of aromatic nitrogens is 2. The molecule has 0 unspecified atom stereocenters. The van der Waals surface area contributed by atoms with E-state index in [1.165, 1.54) is 0 Å². The van der Waals surface area contributed by atoms with Crippen LogP contribution in [-0.4, -0.2) is 9.97 Å². The summed E-state index contributed by atoms with van der Waals surface area (Å²) in [5.41, 5.74) is 2.33. The fraction of sp³-hybridized carbons (Fsp3) is 0.111. The SMILES string of the molecule is Cc1nc2ccccc2nc1ON. The molecule has 4 nitrogen and oxygen atoms in total. The molecule has 0 bridgehead atoms. The van der Waals surface area contributed by atoms with Crippen molar-refractivity contribution in [3.8, 4) is 5.88 Å². The maximum Gasteiger partial charge on any atom is 0.259 e. The molecule has 2 aromatic rings. The Morgan fingerprint density at radius 3 is 2.38 bits per heavy atom. The zero-order valence-corrected chi connectivity index (χ0v) is 7.19. The van der Waals surface area contributed by atoms with E-state index >= 15 is 0 Å². The van der Waals surface area contributed by atoms with Crippen LogP contribution in [0, 0.1) is 6.92 Å². The molecule has 0 spiro atoms. The second-order valence-electron chi connectivity index (χ2n) is 2.72. The number of hydrogen-bond acceptors (Lipinski definition) is 4. The van der Waals surface area contributed by atoms with E-state index in [9.17, 15) is 0 Å². The van der Waals surface area contributed by atoms with Gasteiger partial charge >= 0.3 is 0 Å². The van der Waals surface area contributed by atoms with Gasteiger partial charge in [-0.2, -0.15) is 5.90 Å². The van der Waals surface area contributed by atoms with E-state index in [2.05, 4.69) is 14.8 Å². The van der Waals surface area contributed by atoms with Crippen LogP contribution in [0.5, 0.6) is 5.88 Å². The number of para-hydroxylation sites is 2. The molecule has 0 aliphatic carbocycles. The molecule has 2 rings (SSSR count). The van der Waals surface area contributed by atoms with Gasteiger partial charge in [0.05, 0.1) is 11.0 Å². The molecule has 0 saturated carbocycles. The molecule has 0 saturated heterocycles. The Morgan fingerprint density at radius 1 is 1.15 bits per heavy atom. The van der Waals surface area contributed by atoms with Crippen LogP contribution < -0.4 is 10.7 Å². The molecule has 0 aliphatic rings. The zero-order valence-electron chi connectivity index (χ0n) is 7.19. The van der Waals surface area contributed by atoms with Crippen molar-refractivity contribution in [2.24, 2.45) is 5.90 Å². The summed E-state index contributed by atoms with van der Waals surface area (Å²) in [6.45, 7) is 1.81. The van der Waals surface area contributed by atoms with E-state index in [0.29, 0.717) is 11.6 Å². The third-order valence-electron chi connectivity index (χ3n) is 1.81. The summed E-state index contributed by atoms with van der Waals surface area (Å²) in [5.74, 6) is 5.41. The smallest absolute Gasteiger partial charge is 0.259 e. The monoisotopic (exact) mass is 175 g/mol. The van der Waals surface area contributed by atoms with Gasteiger partial charge in [-0.1, -0.05) is 12.1 Å². The van der Waals surface area contributed by atoms with Crippen molar-refractivity contribution in [1.82, 2.24) is 9.97 Å². The van der Waals surface area contributed by atoms with Crippen LogP contribution in [-0.2, 0) is 0 Å². The first kappa shape index (κ1) is 7.94. The number of benzene rings is 1. The second kappa shape index (κ2) is 2.99. The molecule has 2 N–H and O–H groups in total. The molecule has 0 atom stereocenters. The highest BCUT2D eigenvalue weighted by Gasteiger charge is 2.03. The molecule has 0 amide bonds. The van der Waals surface area contributed by atoms with Crippen molar-refractivity contribution in [1.29, 1.82) is 0 Å². The quantitative estimate of drug-likeness (QED) is 0.661. The normalized spacial score (nSPS) is 10.3. The topological polar surface area (TPSA) is 61.0 Å². The van der Waals surface area contributed by atoms with Gasteiger partial charge in [-0.3, -0.25) is 0 Å². The van der Waals surface area contributed by atoms with Crippen molar-refractivity contribution >= 4 is 11.0 Å². The molecule has 0 aliphatic heterocycles. The van der Waals surface area contributed by atoms with E-state index in [0.717, 1.165) is 11.0 Å². The van der Waals surface area contributed by atoms with Crippen LogP contribution in [0.15, 0.2) is 24.3 Å². The van der Waals surface area contributed by atoms with Crippen molar-refractivity contribution in [3.05, 3.63) is 30.0 Å². The van der Waals surface area contributed by atoms with Gasteiger partial charge in [0.25, 0.3) is 5.88 Å². The third kappa shape index (κ3) is 1.31. The fourth-order valence-corrected chi connectivity index (χ4v) is 1.18. The minimum Gasteiger partial charge on any atom is -0.389 e. The first-order valence-corrected chi connectivity index (χ1v) is 3.91. The van der Waals surface area contributed by atoms with Gasteiger partial charge in [0.1, 0.15) is 5.69 Å². The Morgan fingerprint density at radius 2 is 1.77 bits per heavy atom. The first-order valence-electron chi connectivity index (χ1n) is 3.91. The molecule has 0 fully saturated rings. The summed E-state index contributed by atoms with van der Waals surface area (Å²) < 4.78 is 0. The maximum atomic E-state index is 5.04. The highest BCUT2D eigenvalue weighted by molar-refractivity contribution is 5.74. The van der Waals surface area contributed by atoms with E-state index in [1.54, 1.807) is 0 Å². The molecule has 4 heteroatoms. The third-order valence-corrected chi connectivity index (χ3v) is 1.81. The summed E-state index contributed by atoms with van der Waals surface area (Å²) in [6.07, 6.45) is 0. The van der Waals surface area contributed by atoms with E-state index < -0.39 is 0 Å². The average Bonchev–Trinajstić information content (AvgIpc) is 2.17. The minimum atomic E-state index is 0.374. The molecule has 1 aromatic carbocycles. The van der Waals surface area contributed by atoms with Crippen LogP contribution in [0.3, 0.4) is 0 Å².